The molecule has 106 valence electrons. The molecule has 1 unspecified atom stereocenters. The van der Waals surface area contributed by atoms with Crippen LogP contribution >= 0.6 is 67.8 Å². The van der Waals surface area contributed by atoms with Gasteiger partial charge in [0.15, 0.2) is 12.0 Å². The fourth-order valence-corrected chi connectivity index (χ4v) is 4.75. The van der Waals surface area contributed by atoms with Crippen LogP contribution in [0.1, 0.15) is 31.9 Å². The van der Waals surface area contributed by atoms with Crippen molar-refractivity contribution in [1.82, 2.24) is 0 Å². The molecule has 0 radical (unpaired) electrons. The van der Waals surface area contributed by atoms with Crippen LogP contribution < -0.4 is 4.74 Å². The minimum absolute atomic E-state index is 0.238. The van der Waals surface area contributed by atoms with Crippen LogP contribution in [0.5, 0.6) is 5.75 Å². The number of ether oxygens (including phenoxy) is 2. The minimum Gasteiger partial charge on any atom is -0.463 e. The Kier molecular flexibility index (Phi) is 7.36. The SMILES string of the molecule is C=C(C)c1c(C)c(I)c(OC(C)OCC)c(I)c1I. The van der Waals surface area contributed by atoms with Crippen molar-refractivity contribution in [2.75, 3.05) is 6.61 Å². The third-order valence-corrected chi connectivity index (χ3v) is 7.07. The Morgan fingerprint density at radius 3 is 2.26 bits per heavy atom. The van der Waals surface area contributed by atoms with E-state index in [0.717, 1.165) is 18.5 Å². The summed E-state index contributed by atoms with van der Waals surface area (Å²) in [6.45, 7) is 12.8. The number of benzene rings is 1. The second-order valence-corrected chi connectivity index (χ2v) is 7.43. The number of hydrogen-bond acceptors (Lipinski definition) is 2. The normalized spacial score (nSPS) is 12.4. The summed E-state index contributed by atoms with van der Waals surface area (Å²) in [6.07, 6.45) is -0.238. The molecule has 1 atom stereocenters. The van der Waals surface area contributed by atoms with Gasteiger partial charge in [-0.2, -0.15) is 0 Å². The van der Waals surface area contributed by atoms with Crippen molar-refractivity contribution in [2.24, 2.45) is 0 Å². The van der Waals surface area contributed by atoms with E-state index < -0.39 is 0 Å². The topological polar surface area (TPSA) is 18.5 Å². The second kappa shape index (κ2) is 7.79. The van der Waals surface area contributed by atoms with E-state index >= 15 is 0 Å². The molecule has 1 aromatic rings. The molecule has 0 aliphatic heterocycles. The molecular weight excluding hydrogens is 581 g/mol. The molecule has 0 bridgehead atoms. The van der Waals surface area contributed by atoms with Gasteiger partial charge < -0.3 is 9.47 Å². The van der Waals surface area contributed by atoms with Crippen LogP contribution in [0, 0.1) is 17.6 Å². The average Bonchev–Trinajstić information content (AvgIpc) is 2.32. The molecule has 0 heterocycles. The molecule has 0 N–H and O–H groups in total. The van der Waals surface area contributed by atoms with E-state index in [9.17, 15) is 0 Å². The zero-order valence-corrected chi connectivity index (χ0v) is 17.9. The highest BCUT2D eigenvalue weighted by Crippen LogP contribution is 2.39. The molecule has 0 amide bonds. The standard InChI is InChI=1S/C14H17I3O2/c1-6-18-9(5)19-14-11(15)8(4)10(7(2)3)12(16)13(14)17/h9H,2,6H2,1,3-5H3. The monoisotopic (exact) mass is 598 g/mol. The Morgan fingerprint density at radius 2 is 1.79 bits per heavy atom. The Hall–Kier alpha value is 0.910. The lowest BCUT2D eigenvalue weighted by molar-refractivity contribution is -0.0623. The van der Waals surface area contributed by atoms with Crippen molar-refractivity contribution in [3.63, 3.8) is 0 Å². The van der Waals surface area contributed by atoms with Gasteiger partial charge in [-0.25, -0.2) is 0 Å². The highest BCUT2D eigenvalue weighted by Gasteiger charge is 2.20. The largest absolute Gasteiger partial charge is 0.463 e. The van der Waals surface area contributed by atoms with Gasteiger partial charge in [-0.15, -0.1) is 0 Å². The lowest BCUT2D eigenvalue weighted by Crippen LogP contribution is -2.18. The summed E-state index contributed by atoms with van der Waals surface area (Å²) in [6, 6.07) is 0. The third kappa shape index (κ3) is 4.19. The molecule has 1 rings (SSSR count). The first-order valence-corrected chi connectivity index (χ1v) is 9.16. The molecule has 0 aliphatic carbocycles. The molecule has 0 aliphatic rings. The number of halogens is 3. The maximum atomic E-state index is 5.94. The van der Waals surface area contributed by atoms with E-state index in [1.54, 1.807) is 0 Å². The lowest BCUT2D eigenvalue weighted by Gasteiger charge is -2.21. The predicted octanol–water partition coefficient (Wildman–Crippen LogP) is 5.60. The van der Waals surface area contributed by atoms with Crippen LogP contribution in [0.3, 0.4) is 0 Å². The van der Waals surface area contributed by atoms with Crippen molar-refractivity contribution in [2.45, 2.75) is 34.0 Å². The molecule has 1 aromatic carbocycles. The third-order valence-electron chi connectivity index (χ3n) is 2.63. The van der Waals surface area contributed by atoms with Gasteiger partial charge in [0.2, 0.25) is 0 Å². The lowest BCUT2D eigenvalue weighted by atomic mass is 10.0. The molecule has 19 heavy (non-hydrogen) atoms. The molecule has 0 spiro atoms. The molecule has 0 aromatic heterocycles. The summed E-state index contributed by atoms with van der Waals surface area (Å²) in [5, 5.41) is 0. The van der Waals surface area contributed by atoms with Crippen LogP contribution in [0.2, 0.25) is 0 Å². The summed E-state index contributed by atoms with van der Waals surface area (Å²) in [4.78, 5) is 0. The summed E-state index contributed by atoms with van der Waals surface area (Å²) in [5.41, 5.74) is 3.53. The van der Waals surface area contributed by atoms with E-state index in [0.29, 0.717) is 6.61 Å². The molecule has 2 nitrogen and oxygen atoms in total. The van der Waals surface area contributed by atoms with E-state index in [1.807, 2.05) is 20.8 Å². The zero-order valence-electron chi connectivity index (χ0n) is 11.4. The van der Waals surface area contributed by atoms with Gasteiger partial charge in [-0.3, -0.25) is 0 Å². The van der Waals surface area contributed by atoms with Crippen LogP contribution in [-0.2, 0) is 4.74 Å². The van der Waals surface area contributed by atoms with Gasteiger partial charge in [0.25, 0.3) is 0 Å². The molecule has 0 fully saturated rings. The van der Waals surface area contributed by atoms with Gasteiger partial charge in [-0.1, -0.05) is 6.58 Å². The first-order valence-electron chi connectivity index (χ1n) is 5.92. The quantitative estimate of drug-likeness (QED) is 0.250. The summed E-state index contributed by atoms with van der Waals surface area (Å²) in [5.74, 6) is 0.911. The van der Waals surface area contributed by atoms with Crippen molar-refractivity contribution in [3.05, 3.63) is 28.4 Å². The Balaban J connectivity index is 3.32. The maximum absolute atomic E-state index is 5.94. The zero-order chi connectivity index (χ0) is 14.7. The van der Waals surface area contributed by atoms with Gasteiger partial charge in [-0.05, 0) is 112 Å². The summed E-state index contributed by atoms with van der Waals surface area (Å²) >= 11 is 7.04. The van der Waals surface area contributed by atoms with Gasteiger partial charge in [0.1, 0.15) is 0 Å². The van der Waals surface area contributed by atoms with Crippen molar-refractivity contribution in [1.29, 1.82) is 0 Å². The summed E-state index contributed by atoms with van der Waals surface area (Å²) < 4.78 is 14.9. The highest BCUT2D eigenvalue weighted by molar-refractivity contribution is 14.1. The highest BCUT2D eigenvalue weighted by atomic mass is 127. The second-order valence-electron chi connectivity index (χ2n) is 4.19. The Bertz CT molecular complexity index is 469. The van der Waals surface area contributed by atoms with Crippen molar-refractivity contribution < 1.29 is 9.47 Å². The van der Waals surface area contributed by atoms with Crippen LogP contribution in [0.4, 0.5) is 0 Å². The first-order chi connectivity index (χ1) is 8.81. The minimum atomic E-state index is -0.238. The fraction of sp³-hybridized carbons (Fsp3) is 0.429. The Morgan fingerprint density at radius 1 is 1.21 bits per heavy atom. The van der Waals surface area contributed by atoms with E-state index in [4.69, 9.17) is 9.47 Å². The fourth-order valence-electron chi connectivity index (χ4n) is 1.80. The average molecular weight is 598 g/mol. The smallest absolute Gasteiger partial charge is 0.197 e. The van der Waals surface area contributed by atoms with E-state index in [-0.39, 0.29) is 6.29 Å². The summed E-state index contributed by atoms with van der Waals surface area (Å²) in [7, 11) is 0. The van der Waals surface area contributed by atoms with Crippen LogP contribution in [-0.4, -0.2) is 12.9 Å². The van der Waals surface area contributed by atoms with Crippen molar-refractivity contribution >= 4 is 73.3 Å². The van der Waals surface area contributed by atoms with Crippen LogP contribution in [0.15, 0.2) is 6.58 Å². The molecule has 0 saturated carbocycles. The van der Waals surface area contributed by atoms with Gasteiger partial charge >= 0.3 is 0 Å². The van der Waals surface area contributed by atoms with E-state index in [1.165, 1.54) is 14.7 Å². The maximum Gasteiger partial charge on any atom is 0.197 e. The number of rotatable bonds is 5. The van der Waals surface area contributed by atoms with Crippen LogP contribution in [0.25, 0.3) is 5.57 Å². The first kappa shape index (κ1) is 18.0. The predicted molar refractivity (Wildman–Crippen MR) is 106 cm³/mol. The van der Waals surface area contributed by atoms with E-state index in [2.05, 4.69) is 81.3 Å². The molecule has 5 heteroatoms. The van der Waals surface area contributed by atoms with Crippen molar-refractivity contribution in [3.8, 4) is 5.75 Å². The van der Waals surface area contributed by atoms with Gasteiger partial charge in [0, 0.05) is 10.2 Å². The molecule has 0 saturated heterocycles. The number of allylic oxidation sites excluding steroid dienone is 1. The molecular formula is C14H17I3O2. The van der Waals surface area contributed by atoms with Gasteiger partial charge in [0.05, 0.1) is 7.14 Å². The number of hydrogen-bond donors (Lipinski definition) is 0. The Labute approximate surface area is 156 Å².